The molecule has 1 heterocycles. The molecule has 2 unspecified atom stereocenters. The zero-order valence-corrected chi connectivity index (χ0v) is 13.1. The van der Waals surface area contributed by atoms with Crippen molar-refractivity contribution in [3.05, 3.63) is 23.8 Å². The maximum absolute atomic E-state index is 11.1. The Bertz CT molecular complexity index is 497. The molecule has 21 heavy (non-hydrogen) atoms. The highest BCUT2D eigenvalue weighted by molar-refractivity contribution is 5.45. The third-order valence-corrected chi connectivity index (χ3v) is 5.12. The molecule has 1 N–H and O–H groups in total. The summed E-state index contributed by atoms with van der Waals surface area (Å²) in [7, 11) is 0. The van der Waals surface area contributed by atoms with Gasteiger partial charge in [-0.05, 0) is 55.2 Å². The van der Waals surface area contributed by atoms with Gasteiger partial charge in [0.25, 0.3) is 0 Å². The number of rotatable bonds is 2. The summed E-state index contributed by atoms with van der Waals surface area (Å²) in [4.78, 5) is 0. The third-order valence-electron chi connectivity index (χ3n) is 5.12. The molecule has 0 spiro atoms. The molecule has 3 heteroatoms. The molecule has 0 bridgehead atoms. The minimum Gasteiger partial charge on any atom is -0.486 e. The lowest BCUT2D eigenvalue weighted by Crippen LogP contribution is -2.25. The molecule has 1 saturated carbocycles. The smallest absolute Gasteiger partial charge is 0.161 e. The van der Waals surface area contributed by atoms with Crippen molar-refractivity contribution >= 4 is 0 Å². The van der Waals surface area contributed by atoms with Crippen LogP contribution in [0.5, 0.6) is 11.5 Å². The third kappa shape index (κ3) is 3.03. The second kappa shape index (κ2) is 5.88. The fraction of sp³-hybridized carbons (Fsp3) is 0.667. The molecule has 116 valence electrons. The summed E-state index contributed by atoms with van der Waals surface area (Å²) in [6.45, 7) is 5.77. The maximum atomic E-state index is 11.1. The van der Waals surface area contributed by atoms with Crippen LogP contribution in [-0.4, -0.2) is 18.3 Å². The van der Waals surface area contributed by atoms with Crippen LogP contribution in [0.25, 0.3) is 0 Å². The van der Waals surface area contributed by atoms with Gasteiger partial charge in [-0.1, -0.05) is 26.3 Å². The molecule has 1 fully saturated rings. The van der Waals surface area contributed by atoms with Crippen LogP contribution < -0.4 is 9.47 Å². The van der Waals surface area contributed by atoms with Gasteiger partial charge >= 0.3 is 0 Å². The maximum Gasteiger partial charge on any atom is 0.161 e. The van der Waals surface area contributed by atoms with Crippen LogP contribution in [0, 0.1) is 11.8 Å². The molecule has 0 aromatic heterocycles. The molecule has 1 aromatic rings. The van der Waals surface area contributed by atoms with Crippen molar-refractivity contribution in [2.75, 3.05) is 13.2 Å². The first-order valence-corrected chi connectivity index (χ1v) is 8.21. The number of hydrogen-bond acceptors (Lipinski definition) is 3. The summed E-state index contributed by atoms with van der Waals surface area (Å²) < 4.78 is 11.2. The van der Waals surface area contributed by atoms with Crippen LogP contribution in [-0.2, 0) is 5.60 Å². The van der Waals surface area contributed by atoms with Gasteiger partial charge in [0.1, 0.15) is 13.2 Å². The molecular formula is C18H26O3. The van der Waals surface area contributed by atoms with Crippen molar-refractivity contribution in [3.8, 4) is 11.5 Å². The van der Waals surface area contributed by atoms with E-state index in [4.69, 9.17) is 9.47 Å². The van der Waals surface area contributed by atoms with E-state index in [-0.39, 0.29) is 0 Å². The van der Waals surface area contributed by atoms with Crippen molar-refractivity contribution in [1.82, 2.24) is 0 Å². The Morgan fingerprint density at radius 2 is 1.86 bits per heavy atom. The molecule has 3 nitrogen and oxygen atoms in total. The minimum absolute atomic E-state index is 0.588. The number of ether oxygens (including phenoxy) is 2. The quantitative estimate of drug-likeness (QED) is 0.840. The van der Waals surface area contributed by atoms with Gasteiger partial charge in [-0.3, -0.25) is 0 Å². The molecule has 0 radical (unpaired) electrons. The van der Waals surface area contributed by atoms with Crippen molar-refractivity contribution in [1.29, 1.82) is 0 Å². The highest BCUT2D eigenvalue weighted by Crippen LogP contribution is 2.42. The van der Waals surface area contributed by atoms with Crippen LogP contribution in [0.1, 0.15) is 51.5 Å². The molecule has 2 atom stereocenters. The van der Waals surface area contributed by atoms with Gasteiger partial charge in [0.2, 0.25) is 0 Å². The van der Waals surface area contributed by atoms with E-state index in [2.05, 4.69) is 13.8 Å². The fourth-order valence-electron chi connectivity index (χ4n) is 3.64. The Kier molecular flexibility index (Phi) is 4.12. The topological polar surface area (TPSA) is 38.7 Å². The fourth-order valence-corrected chi connectivity index (χ4v) is 3.64. The second-order valence-electron chi connectivity index (χ2n) is 6.83. The molecule has 1 aliphatic carbocycles. The van der Waals surface area contributed by atoms with Gasteiger partial charge in [0, 0.05) is 0 Å². The summed E-state index contributed by atoms with van der Waals surface area (Å²) in [6.07, 6.45) is 5.10. The standard InChI is InChI=1S/C18H26O3/c1-13(2)14-4-3-8-18(19,9-7-14)15-5-6-16-17(12-15)21-11-10-20-16/h5-6,12-14,19H,3-4,7-11H2,1-2H3. The van der Waals surface area contributed by atoms with Gasteiger partial charge in [0.15, 0.2) is 11.5 Å². The van der Waals surface area contributed by atoms with E-state index in [9.17, 15) is 5.11 Å². The summed E-state index contributed by atoms with van der Waals surface area (Å²) in [5.74, 6) is 3.00. The Labute approximate surface area is 127 Å². The lowest BCUT2D eigenvalue weighted by Gasteiger charge is -2.29. The molecule has 1 aliphatic heterocycles. The van der Waals surface area contributed by atoms with E-state index in [1.54, 1.807) is 0 Å². The van der Waals surface area contributed by atoms with Crippen molar-refractivity contribution in [2.24, 2.45) is 11.8 Å². The van der Waals surface area contributed by atoms with E-state index >= 15 is 0 Å². The highest BCUT2D eigenvalue weighted by Gasteiger charge is 2.34. The van der Waals surface area contributed by atoms with Gasteiger partial charge in [-0.2, -0.15) is 0 Å². The molecule has 0 saturated heterocycles. The first-order chi connectivity index (χ1) is 10.1. The minimum atomic E-state index is -0.709. The lowest BCUT2D eigenvalue weighted by atomic mass is 9.84. The predicted molar refractivity (Wildman–Crippen MR) is 82.7 cm³/mol. The molecule has 1 aromatic carbocycles. The Balaban J connectivity index is 1.81. The zero-order valence-electron chi connectivity index (χ0n) is 13.1. The second-order valence-corrected chi connectivity index (χ2v) is 6.83. The number of aliphatic hydroxyl groups is 1. The predicted octanol–water partition coefficient (Wildman–Crippen LogP) is 3.88. The van der Waals surface area contributed by atoms with E-state index in [1.165, 1.54) is 6.42 Å². The van der Waals surface area contributed by atoms with Crippen LogP contribution in [0.2, 0.25) is 0 Å². The summed E-state index contributed by atoms with van der Waals surface area (Å²) in [5, 5.41) is 11.1. The van der Waals surface area contributed by atoms with E-state index < -0.39 is 5.60 Å². The normalized spacial score (nSPS) is 29.2. The first kappa shape index (κ1) is 14.7. The average Bonchev–Trinajstić information content (AvgIpc) is 2.70. The average molecular weight is 290 g/mol. The monoisotopic (exact) mass is 290 g/mol. The largest absolute Gasteiger partial charge is 0.486 e. The Hall–Kier alpha value is -1.22. The van der Waals surface area contributed by atoms with Crippen LogP contribution in [0.3, 0.4) is 0 Å². The van der Waals surface area contributed by atoms with Crippen LogP contribution in [0.4, 0.5) is 0 Å². The Morgan fingerprint density at radius 3 is 2.62 bits per heavy atom. The van der Waals surface area contributed by atoms with E-state index in [0.29, 0.717) is 19.1 Å². The van der Waals surface area contributed by atoms with Gasteiger partial charge in [-0.25, -0.2) is 0 Å². The van der Waals surface area contributed by atoms with Gasteiger partial charge in [-0.15, -0.1) is 0 Å². The van der Waals surface area contributed by atoms with Gasteiger partial charge < -0.3 is 14.6 Å². The summed E-state index contributed by atoms with van der Waals surface area (Å²) in [5.41, 5.74) is 0.274. The Morgan fingerprint density at radius 1 is 1.10 bits per heavy atom. The molecule has 3 rings (SSSR count). The van der Waals surface area contributed by atoms with Crippen molar-refractivity contribution < 1.29 is 14.6 Å². The zero-order chi connectivity index (χ0) is 14.9. The molecular weight excluding hydrogens is 264 g/mol. The van der Waals surface area contributed by atoms with Crippen LogP contribution >= 0.6 is 0 Å². The number of hydrogen-bond donors (Lipinski definition) is 1. The number of benzene rings is 1. The summed E-state index contributed by atoms with van der Waals surface area (Å²) >= 11 is 0. The first-order valence-electron chi connectivity index (χ1n) is 8.21. The highest BCUT2D eigenvalue weighted by atomic mass is 16.6. The number of fused-ring (bicyclic) bond motifs is 1. The van der Waals surface area contributed by atoms with E-state index in [1.807, 2.05) is 18.2 Å². The van der Waals surface area contributed by atoms with Gasteiger partial charge in [0.05, 0.1) is 5.60 Å². The molecule has 0 amide bonds. The van der Waals surface area contributed by atoms with Crippen molar-refractivity contribution in [3.63, 3.8) is 0 Å². The van der Waals surface area contributed by atoms with Crippen molar-refractivity contribution in [2.45, 2.75) is 51.6 Å². The van der Waals surface area contributed by atoms with Crippen LogP contribution in [0.15, 0.2) is 18.2 Å². The molecule has 2 aliphatic rings. The van der Waals surface area contributed by atoms with E-state index in [0.717, 1.165) is 48.7 Å². The lowest BCUT2D eigenvalue weighted by molar-refractivity contribution is 0.0186. The summed E-state index contributed by atoms with van der Waals surface area (Å²) in [6, 6.07) is 5.92. The SMILES string of the molecule is CC(C)C1CCCC(O)(c2ccc3c(c2)OCCO3)CC1.